The number of amides is 1. The number of benzene rings is 1. The number of ether oxygens (including phenoxy) is 1. The largest absolute Gasteiger partial charge is 0.443 e. The van der Waals surface area contributed by atoms with Crippen LogP contribution >= 0.6 is 0 Å². The lowest BCUT2D eigenvalue weighted by molar-refractivity contribution is 0.0577. The van der Waals surface area contributed by atoms with E-state index >= 15 is 0 Å². The summed E-state index contributed by atoms with van der Waals surface area (Å²) in [6, 6.07) is 3.94. The van der Waals surface area contributed by atoms with Gasteiger partial charge in [-0.25, -0.2) is 4.79 Å². The van der Waals surface area contributed by atoms with Gasteiger partial charge in [0.15, 0.2) is 0 Å². The van der Waals surface area contributed by atoms with Gasteiger partial charge >= 0.3 is 16.3 Å². The van der Waals surface area contributed by atoms with Gasteiger partial charge in [-0.15, -0.1) is 3.89 Å². The van der Waals surface area contributed by atoms with Gasteiger partial charge in [-0.2, -0.15) is 8.42 Å². The summed E-state index contributed by atoms with van der Waals surface area (Å²) in [6.07, 6.45) is 0.895. The molecule has 0 aromatic heterocycles. The Labute approximate surface area is 123 Å². The number of hydrogen-bond acceptors (Lipinski definition) is 4. The van der Waals surface area contributed by atoms with E-state index in [4.69, 9.17) is 4.74 Å². The molecule has 1 amide bonds. The zero-order valence-electron chi connectivity index (χ0n) is 12.2. The molecule has 1 aliphatic heterocycles. The number of hydrogen-bond donors (Lipinski definition) is 0. The first-order valence-electron chi connectivity index (χ1n) is 6.66. The molecule has 0 N–H and O–H groups in total. The van der Waals surface area contributed by atoms with E-state index in [0.717, 1.165) is 12.0 Å². The Morgan fingerprint density at radius 2 is 2.00 bits per heavy atom. The minimum atomic E-state index is -4.80. The minimum Gasteiger partial charge on any atom is -0.443 e. The Morgan fingerprint density at radius 3 is 2.57 bits per heavy atom. The van der Waals surface area contributed by atoms with Crippen LogP contribution in [-0.2, 0) is 21.4 Å². The normalized spacial score (nSPS) is 15.5. The second-order valence-corrected chi connectivity index (χ2v) is 7.31. The lowest BCUT2D eigenvalue weighted by Gasteiger charge is -2.31. The van der Waals surface area contributed by atoms with Crippen molar-refractivity contribution in [3.05, 3.63) is 23.8 Å². The molecular weight excluding hydrogens is 297 g/mol. The van der Waals surface area contributed by atoms with Crippen LogP contribution < -0.4 is 4.90 Å². The SMILES string of the molecule is CC(C)(C)OC(=O)N1CCCc2ccc(S(=O)(=O)F)cc21. The summed E-state index contributed by atoms with van der Waals surface area (Å²) >= 11 is 0. The number of anilines is 1. The van der Waals surface area contributed by atoms with Crippen LogP contribution in [0.2, 0.25) is 0 Å². The Bertz CT molecular complexity index is 664. The van der Waals surface area contributed by atoms with Crippen molar-refractivity contribution in [1.82, 2.24) is 0 Å². The van der Waals surface area contributed by atoms with Gasteiger partial charge in [-0.3, -0.25) is 4.90 Å². The molecule has 0 radical (unpaired) electrons. The maximum Gasteiger partial charge on any atom is 0.414 e. The van der Waals surface area contributed by atoms with E-state index in [-0.39, 0.29) is 0 Å². The molecule has 1 aromatic carbocycles. The first kappa shape index (κ1) is 15.8. The monoisotopic (exact) mass is 315 g/mol. The topological polar surface area (TPSA) is 63.7 Å². The van der Waals surface area contributed by atoms with Crippen LogP contribution in [-0.4, -0.2) is 26.7 Å². The molecule has 1 heterocycles. The van der Waals surface area contributed by atoms with Crippen molar-refractivity contribution in [3.8, 4) is 0 Å². The summed E-state index contributed by atoms with van der Waals surface area (Å²) in [5.74, 6) is 0. The van der Waals surface area contributed by atoms with Gasteiger partial charge in [0, 0.05) is 6.54 Å². The summed E-state index contributed by atoms with van der Waals surface area (Å²) < 4.78 is 40.5. The summed E-state index contributed by atoms with van der Waals surface area (Å²) in [5, 5.41) is 0. The number of carbonyl (C=O) groups excluding carboxylic acids is 1. The molecule has 0 aliphatic carbocycles. The first-order chi connectivity index (χ1) is 9.58. The van der Waals surface area contributed by atoms with Crippen LogP contribution in [0.1, 0.15) is 32.8 Å². The highest BCUT2D eigenvalue weighted by molar-refractivity contribution is 7.86. The highest BCUT2D eigenvalue weighted by Gasteiger charge is 2.28. The molecule has 0 saturated heterocycles. The number of nitrogens with zero attached hydrogens (tertiary/aromatic N) is 1. The Kier molecular flexibility index (Phi) is 3.97. The van der Waals surface area contributed by atoms with Gasteiger partial charge in [0.2, 0.25) is 0 Å². The molecule has 0 atom stereocenters. The molecule has 0 spiro atoms. The van der Waals surface area contributed by atoms with Crippen LogP contribution in [0, 0.1) is 0 Å². The standard InChI is InChI=1S/C14H18FNO4S/c1-14(2,3)20-13(17)16-8-4-5-10-6-7-11(9-12(10)16)21(15,18)19/h6-7,9H,4-5,8H2,1-3H3. The molecule has 1 aromatic rings. The van der Waals surface area contributed by atoms with Gasteiger partial charge in [0.05, 0.1) is 5.69 Å². The predicted molar refractivity (Wildman–Crippen MR) is 76.6 cm³/mol. The Hall–Kier alpha value is -1.63. The lowest BCUT2D eigenvalue weighted by atomic mass is 10.0. The molecule has 116 valence electrons. The summed E-state index contributed by atoms with van der Waals surface area (Å²) in [4.78, 5) is 13.1. The maximum absolute atomic E-state index is 13.1. The third-order valence-corrected chi connectivity index (χ3v) is 3.89. The Balaban J connectivity index is 2.40. The molecule has 0 fully saturated rings. The third-order valence-electron chi connectivity index (χ3n) is 3.07. The van der Waals surface area contributed by atoms with Crippen molar-refractivity contribution in [3.63, 3.8) is 0 Å². The van der Waals surface area contributed by atoms with E-state index in [0.29, 0.717) is 18.7 Å². The van der Waals surface area contributed by atoms with Crippen molar-refractivity contribution >= 4 is 22.0 Å². The van der Waals surface area contributed by atoms with Crippen molar-refractivity contribution in [1.29, 1.82) is 0 Å². The fraction of sp³-hybridized carbons (Fsp3) is 0.500. The zero-order valence-corrected chi connectivity index (χ0v) is 13.0. The number of carbonyl (C=O) groups is 1. The summed E-state index contributed by atoms with van der Waals surface area (Å²) in [5.41, 5.74) is 0.548. The molecule has 0 unspecified atom stereocenters. The molecule has 21 heavy (non-hydrogen) atoms. The molecule has 2 rings (SSSR count). The van der Waals surface area contributed by atoms with E-state index in [1.807, 2.05) is 0 Å². The zero-order chi connectivity index (χ0) is 15.8. The second-order valence-electron chi connectivity index (χ2n) is 5.96. The van der Waals surface area contributed by atoms with Crippen LogP contribution in [0.5, 0.6) is 0 Å². The van der Waals surface area contributed by atoms with E-state index in [1.54, 1.807) is 26.8 Å². The third kappa shape index (κ3) is 3.72. The highest BCUT2D eigenvalue weighted by atomic mass is 32.3. The van der Waals surface area contributed by atoms with Gasteiger partial charge < -0.3 is 4.74 Å². The molecular formula is C14H18FNO4S. The van der Waals surface area contributed by atoms with Crippen molar-refractivity contribution in [2.24, 2.45) is 0 Å². The number of halogens is 1. The van der Waals surface area contributed by atoms with Crippen LogP contribution in [0.25, 0.3) is 0 Å². The van der Waals surface area contributed by atoms with E-state index in [9.17, 15) is 17.1 Å². The van der Waals surface area contributed by atoms with Gasteiger partial charge in [-0.1, -0.05) is 6.07 Å². The van der Waals surface area contributed by atoms with Crippen molar-refractivity contribution < 1.29 is 21.8 Å². The van der Waals surface area contributed by atoms with E-state index < -0.39 is 26.8 Å². The van der Waals surface area contributed by atoms with Crippen LogP contribution in [0.4, 0.5) is 14.4 Å². The van der Waals surface area contributed by atoms with Crippen molar-refractivity contribution in [2.45, 2.75) is 44.1 Å². The summed E-state index contributed by atoms with van der Waals surface area (Å²) in [6.45, 7) is 5.66. The molecule has 1 aliphatic rings. The fourth-order valence-electron chi connectivity index (χ4n) is 2.21. The smallest absolute Gasteiger partial charge is 0.414 e. The highest BCUT2D eigenvalue weighted by Crippen LogP contribution is 2.31. The van der Waals surface area contributed by atoms with Crippen LogP contribution in [0.15, 0.2) is 23.1 Å². The average molecular weight is 315 g/mol. The fourth-order valence-corrected chi connectivity index (χ4v) is 2.70. The van der Waals surface area contributed by atoms with Gasteiger partial charge in [0.1, 0.15) is 10.5 Å². The Morgan fingerprint density at radius 1 is 1.33 bits per heavy atom. The number of aryl methyl sites for hydroxylation is 1. The second kappa shape index (κ2) is 5.29. The van der Waals surface area contributed by atoms with Gasteiger partial charge in [0.25, 0.3) is 0 Å². The molecule has 5 nitrogen and oxygen atoms in total. The van der Waals surface area contributed by atoms with E-state index in [1.165, 1.54) is 17.0 Å². The molecule has 7 heteroatoms. The average Bonchev–Trinajstić information content (AvgIpc) is 2.34. The van der Waals surface area contributed by atoms with Gasteiger partial charge in [-0.05, 0) is 51.3 Å². The lowest BCUT2D eigenvalue weighted by Crippen LogP contribution is -2.39. The predicted octanol–water partition coefficient (Wildman–Crippen LogP) is 3.03. The van der Waals surface area contributed by atoms with E-state index in [2.05, 4.69) is 0 Å². The first-order valence-corrected chi connectivity index (χ1v) is 8.04. The molecule has 0 saturated carbocycles. The molecule has 0 bridgehead atoms. The van der Waals surface area contributed by atoms with Crippen LogP contribution in [0.3, 0.4) is 0 Å². The van der Waals surface area contributed by atoms with Crippen molar-refractivity contribution in [2.75, 3.05) is 11.4 Å². The minimum absolute atomic E-state index is 0.397. The maximum atomic E-state index is 13.1. The number of fused-ring (bicyclic) bond motifs is 1. The quantitative estimate of drug-likeness (QED) is 0.747. The summed E-state index contributed by atoms with van der Waals surface area (Å²) in [7, 11) is -4.80. The number of rotatable bonds is 1.